The highest BCUT2D eigenvalue weighted by Gasteiger charge is 2.37. The predicted molar refractivity (Wildman–Crippen MR) is 95.6 cm³/mol. The second-order valence-electron chi connectivity index (χ2n) is 5.92. The average Bonchev–Trinajstić information content (AvgIpc) is 2.92. The van der Waals surface area contributed by atoms with Crippen LogP contribution in [0, 0.1) is 0 Å². The van der Waals surface area contributed by atoms with Crippen LogP contribution in [-0.2, 0) is 0 Å². The third-order valence-corrected chi connectivity index (χ3v) is 4.27. The Bertz CT molecular complexity index is 1060. The molecule has 0 atom stereocenters. The number of aromatic hydroxyl groups is 1. The molecule has 3 aromatic carbocycles. The van der Waals surface area contributed by atoms with Gasteiger partial charge in [-0.15, -0.1) is 0 Å². The fourth-order valence-corrected chi connectivity index (χ4v) is 3.00. The van der Waals surface area contributed by atoms with Crippen molar-refractivity contribution in [3.8, 4) is 5.75 Å². The molecule has 1 aliphatic rings. The maximum Gasteiger partial charge on any atom is 0.266 e. The van der Waals surface area contributed by atoms with Crippen LogP contribution in [-0.4, -0.2) is 22.7 Å². The highest BCUT2D eigenvalue weighted by Crippen LogP contribution is 2.31. The van der Waals surface area contributed by atoms with E-state index >= 15 is 0 Å². The van der Waals surface area contributed by atoms with Crippen LogP contribution in [0.25, 0.3) is 0 Å². The number of carbonyl (C=O) groups is 3. The monoisotopic (exact) mass is 343 g/mol. The maximum absolute atomic E-state index is 12.7. The van der Waals surface area contributed by atoms with E-state index in [1.165, 1.54) is 24.3 Å². The van der Waals surface area contributed by atoms with Gasteiger partial charge in [-0.1, -0.05) is 42.5 Å². The molecule has 0 aliphatic carbocycles. The van der Waals surface area contributed by atoms with Crippen molar-refractivity contribution in [2.24, 2.45) is 0 Å². The fraction of sp³-hybridized carbons (Fsp3) is 0. The molecule has 1 heterocycles. The Hall–Kier alpha value is -3.73. The second kappa shape index (κ2) is 5.97. The van der Waals surface area contributed by atoms with E-state index in [1.807, 2.05) is 6.07 Å². The first-order valence-corrected chi connectivity index (χ1v) is 7.98. The summed E-state index contributed by atoms with van der Waals surface area (Å²) in [6.45, 7) is 0. The van der Waals surface area contributed by atoms with Gasteiger partial charge < -0.3 is 5.11 Å². The number of hydrogen-bond donors (Lipinski definition) is 1. The number of imide groups is 1. The standard InChI is InChI=1S/C21H13NO4/c23-16-8-4-7-15(12-16)22-20(25)17-10-9-14(11-18(17)21(22)26)19(24)13-5-2-1-3-6-13/h1-12,23H. The molecule has 0 bridgehead atoms. The van der Waals surface area contributed by atoms with Crippen LogP contribution in [0.3, 0.4) is 0 Å². The normalized spacial score (nSPS) is 13.0. The van der Waals surface area contributed by atoms with Gasteiger partial charge in [0.05, 0.1) is 16.8 Å². The smallest absolute Gasteiger partial charge is 0.266 e. The molecule has 1 aliphatic heterocycles. The molecule has 0 unspecified atom stereocenters. The minimum atomic E-state index is -0.515. The van der Waals surface area contributed by atoms with Crippen LogP contribution < -0.4 is 4.90 Å². The van der Waals surface area contributed by atoms with Crippen molar-refractivity contribution in [1.29, 1.82) is 0 Å². The summed E-state index contributed by atoms with van der Waals surface area (Å²) in [5.41, 5.74) is 1.55. The molecule has 0 aromatic heterocycles. The number of carbonyl (C=O) groups excluding carboxylic acids is 3. The van der Waals surface area contributed by atoms with Crippen molar-refractivity contribution in [2.75, 3.05) is 4.90 Å². The van der Waals surface area contributed by atoms with Crippen LogP contribution in [0.2, 0.25) is 0 Å². The van der Waals surface area contributed by atoms with Gasteiger partial charge in [0.25, 0.3) is 11.8 Å². The summed E-state index contributed by atoms with van der Waals surface area (Å²) in [4.78, 5) is 38.9. The molecule has 26 heavy (non-hydrogen) atoms. The molecule has 3 aromatic rings. The zero-order chi connectivity index (χ0) is 18.3. The van der Waals surface area contributed by atoms with Gasteiger partial charge in [-0.2, -0.15) is 0 Å². The van der Waals surface area contributed by atoms with Crippen LogP contribution in [0.1, 0.15) is 36.6 Å². The summed E-state index contributed by atoms with van der Waals surface area (Å²) in [5, 5.41) is 9.61. The lowest BCUT2D eigenvalue weighted by atomic mass is 9.99. The molecule has 1 N–H and O–H groups in total. The van der Waals surface area contributed by atoms with E-state index in [1.54, 1.807) is 42.5 Å². The van der Waals surface area contributed by atoms with Gasteiger partial charge in [0.1, 0.15) is 5.75 Å². The Kier molecular flexibility index (Phi) is 3.62. The third kappa shape index (κ3) is 2.46. The van der Waals surface area contributed by atoms with Gasteiger partial charge in [-0.25, -0.2) is 4.90 Å². The zero-order valence-electron chi connectivity index (χ0n) is 13.5. The predicted octanol–water partition coefficient (Wildman–Crippen LogP) is 3.42. The topological polar surface area (TPSA) is 74.7 Å². The SMILES string of the molecule is O=C(c1ccccc1)c1ccc2c(c1)C(=O)N(c1cccc(O)c1)C2=O. The number of amides is 2. The molecular weight excluding hydrogens is 330 g/mol. The molecule has 5 heteroatoms. The van der Waals surface area contributed by atoms with E-state index in [9.17, 15) is 19.5 Å². The Labute approximate surface area is 149 Å². The van der Waals surface area contributed by atoms with E-state index < -0.39 is 11.8 Å². The number of rotatable bonds is 3. The van der Waals surface area contributed by atoms with Crippen molar-refractivity contribution >= 4 is 23.3 Å². The number of benzene rings is 3. The van der Waals surface area contributed by atoms with Crippen LogP contribution >= 0.6 is 0 Å². The van der Waals surface area contributed by atoms with Gasteiger partial charge in [-0.05, 0) is 24.3 Å². The molecule has 4 rings (SSSR count). The number of ketones is 1. The summed E-state index contributed by atoms with van der Waals surface area (Å²) in [7, 11) is 0. The van der Waals surface area contributed by atoms with Gasteiger partial charge in [0, 0.05) is 17.2 Å². The van der Waals surface area contributed by atoms with Crippen molar-refractivity contribution < 1.29 is 19.5 Å². The largest absolute Gasteiger partial charge is 0.508 e. The highest BCUT2D eigenvalue weighted by molar-refractivity contribution is 6.35. The number of nitrogens with zero attached hydrogens (tertiary/aromatic N) is 1. The molecule has 0 saturated carbocycles. The third-order valence-electron chi connectivity index (χ3n) is 4.27. The Morgan fingerprint density at radius 1 is 0.731 bits per heavy atom. The lowest BCUT2D eigenvalue weighted by Gasteiger charge is -2.13. The summed E-state index contributed by atoms with van der Waals surface area (Å²) >= 11 is 0. The minimum Gasteiger partial charge on any atom is -0.508 e. The average molecular weight is 343 g/mol. The van der Waals surface area contributed by atoms with E-state index in [0.29, 0.717) is 11.1 Å². The van der Waals surface area contributed by atoms with E-state index in [0.717, 1.165) is 4.90 Å². The number of phenols is 1. The molecule has 126 valence electrons. The fourth-order valence-electron chi connectivity index (χ4n) is 3.00. The minimum absolute atomic E-state index is 0.0426. The molecular formula is C21H13NO4. The summed E-state index contributed by atoms with van der Waals surface area (Å²) in [6.07, 6.45) is 0. The quantitative estimate of drug-likeness (QED) is 0.584. The number of fused-ring (bicyclic) bond motifs is 1. The Morgan fingerprint density at radius 3 is 2.19 bits per heavy atom. The molecule has 2 amide bonds. The molecule has 0 spiro atoms. The van der Waals surface area contributed by atoms with E-state index in [-0.39, 0.29) is 28.3 Å². The first-order valence-electron chi connectivity index (χ1n) is 7.98. The molecule has 0 fully saturated rings. The van der Waals surface area contributed by atoms with Crippen molar-refractivity contribution in [3.05, 3.63) is 95.1 Å². The van der Waals surface area contributed by atoms with Crippen LogP contribution in [0.4, 0.5) is 5.69 Å². The molecule has 5 nitrogen and oxygen atoms in total. The summed E-state index contributed by atoms with van der Waals surface area (Å²) in [5.74, 6) is -1.25. The lowest BCUT2D eigenvalue weighted by Crippen LogP contribution is -2.29. The van der Waals surface area contributed by atoms with Crippen molar-refractivity contribution in [2.45, 2.75) is 0 Å². The van der Waals surface area contributed by atoms with Crippen LogP contribution in [0.15, 0.2) is 72.8 Å². The highest BCUT2D eigenvalue weighted by atomic mass is 16.3. The second-order valence-corrected chi connectivity index (χ2v) is 5.92. The zero-order valence-corrected chi connectivity index (χ0v) is 13.5. The van der Waals surface area contributed by atoms with Crippen molar-refractivity contribution in [1.82, 2.24) is 0 Å². The molecule has 0 radical (unpaired) electrons. The summed E-state index contributed by atoms with van der Waals surface area (Å²) < 4.78 is 0. The molecule has 0 saturated heterocycles. The maximum atomic E-state index is 12.7. The van der Waals surface area contributed by atoms with E-state index in [4.69, 9.17) is 0 Å². The number of anilines is 1. The van der Waals surface area contributed by atoms with Gasteiger partial charge in [0.2, 0.25) is 0 Å². The lowest BCUT2D eigenvalue weighted by molar-refractivity contribution is 0.0925. The van der Waals surface area contributed by atoms with Crippen LogP contribution in [0.5, 0.6) is 5.75 Å². The van der Waals surface area contributed by atoms with Crippen molar-refractivity contribution in [3.63, 3.8) is 0 Å². The summed E-state index contributed by atoms with van der Waals surface area (Å²) in [6, 6.07) is 19.1. The Morgan fingerprint density at radius 2 is 1.46 bits per heavy atom. The Balaban J connectivity index is 1.74. The van der Waals surface area contributed by atoms with Gasteiger partial charge >= 0.3 is 0 Å². The number of hydrogen-bond acceptors (Lipinski definition) is 4. The van der Waals surface area contributed by atoms with E-state index in [2.05, 4.69) is 0 Å². The first-order chi connectivity index (χ1) is 12.6. The first kappa shape index (κ1) is 15.8. The van der Waals surface area contributed by atoms with Gasteiger partial charge in [-0.3, -0.25) is 14.4 Å². The van der Waals surface area contributed by atoms with Gasteiger partial charge in [0.15, 0.2) is 5.78 Å². The number of phenolic OH excluding ortho intramolecular Hbond substituents is 1.